The van der Waals surface area contributed by atoms with Gasteiger partial charge in [0, 0.05) is 44.0 Å². The van der Waals surface area contributed by atoms with Gasteiger partial charge in [0.05, 0.1) is 23.8 Å². The van der Waals surface area contributed by atoms with Crippen LogP contribution in [-0.4, -0.2) is 47.4 Å². The Bertz CT molecular complexity index is 990. The highest BCUT2D eigenvalue weighted by molar-refractivity contribution is 7.89. The Morgan fingerprint density at radius 3 is 3.08 bits per heavy atom. The third-order valence-electron chi connectivity index (χ3n) is 3.88. The highest BCUT2D eigenvalue weighted by atomic mass is 32.2. The van der Waals surface area contributed by atoms with Crippen LogP contribution in [0.5, 0.6) is 0 Å². The number of aryl methyl sites for hydroxylation is 1. The summed E-state index contributed by atoms with van der Waals surface area (Å²) in [7, 11) is -1.83. The van der Waals surface area contributed by atoms with Gasteiger partial charge in [0.25, 0.3) is 0 Å². The number of allylic oxidation sites excluding steroid dienone is 1. The normalized spacial score (nSPS) is 12.0. The molecule has 3 aromatic rings. The van der Waals surface area contributed by atoms with Crippen LogP contribution in [-0.2, 0) is 21.3 Å². The van der Waals surface area contributed by atoms with E-state index < -0.39 is 10.0 Å². The number of aromatic nitrogens is 4. The van der Waals surface area contributed by atoms with Crippen LogP contribution in [0, 0.1) is 0 Å². The third-order valence-corrected chi connectivity index (χ3v) is 5.30. The van der Waals surface area contributed by atoms with Gasteiger partial charge in [0.1, 0.15) is 11.2 Å². The standard InChI is InChI=1S/C16H21N5O3S/c1-12(20-25(22,23)9-3-8-24-2)5-7-21-11-19-14-10-18-16-13(15(14)21)4-6-17-16/h4,6,10-11,20H,1,3,5,7-9H2,2H3,(H,17,18). The maximum atomic E-state index is 12.0. The molecule has 0 unspecified atom stereocenters. The molecule has 9 heteroatoms. The van der Waals surface area contributed by atoms with Crippen LogP contribution in [0.25, 0.3) is 22.1 Å². The monoisotopic (exact) mass is 363 g/mol. The molecule has 0 aliphatic heterocycles. The molecular weight excluding hydrogens is 342 g/mol. The summed E-state index contributed by atoms with van der Waals surface area (Å²) in [4.78, 5) is 11.7. The van der Waals surface area contributed by atoms with Gasteiger partial charge in [0.2, 0.25) is 10.0 Å². The number of hydrogen-bond donors (Lipinski definition) is 2. The molecule has 0 aromatic carbocycles. The summed E-state index contributed by atoms with van der Waals surface area (Å²) in [5.41, 5.74) is 3.03. The van der Waals surface area contributed by atoms with E-state index in [1.165, 1.54) is 0 Å². The van der Waals surface area contributed by atoms with Crippen molar-refractivity contribution in [2.75, 3.05) is 19.5 Å². The number of rotatable bonds is 9. The van der Waals surface area contributed by atoms with Crippen LogP contribution in [0.3, 0.4) is 0 Å². The smallest absolute Gasteiger partial charge is 0.232 e. The van der Waals surface area contributed by atoms with Crippen molar-refractivity contribution >= 4 is 32.1 Å². The second kappa shape index (κ2) is 7.24. The Labute approximate surface area is 146 Å². The summed E-state index contributed by atoms with van der Waals surface area (Å²) in [5, 5.41) is 0.987. The van der Waals surface area contributed by atoms with E-state index in [1.807, 2.05) is 16.8 Å². The first kappa shape index (κ1) is 17.4. The van der Waals surface area contributed by atoms with E-state index in [4.69, 9.17) is 4.74 Å². The number of ether oxygens (including phenoxy) is 1. The van der Waals surface area contributed by atoms with Gasteiger partial charge in [-0.25, -0.2) is 18.4 Å². The fourth-order valence-electron chi connectivity index (χ4n) is 2.71. The summed E-state index contributed by atoms with van der Waals surface area (Å²) in [5.74, 6) is 0.0174. The number of fused-ring (bicyclic) bond motifs is 3. The number of nitrogens with zero attached hydrogens (tertiary/aromatic N) is 3. The van der Waals surface area contributed by atoms with E-state index in [9.17, 15) is 8.42 Å². The summed E-state index contributed by atoms with van der Waals surface area (Å²) in [6.45, 7) is 4.81. The summed E-state index contributed by atoms with van der Waals surface area (Å²) >= 11 is 0. The molecular formula is C16H21N5O3S. The number of H-pyrrole nitrogens is 1. The van der Waals surface area contributed by atoms with Crippen molar-refractivity contribution in [1.82, 2.24) is 24.2 Å². The zero-order chi connectivity index (χ0) is 17.9. The second-order valence-electron chi connectivity index (χ2n) is 5.79. The van der Waals surface area contributed by atoms with Crippen LogP contribution in [0.15, 0.2) is 37.1 Å². The largest absolute Gasteiger partial charge is 0.385 e. The molecule has 0 spiro atoms. The average Bonchev–Trinajstić information content (AvgIpc) is 3.18. The van der Waals surface area contributed by atoms with E-state index in [1.54, 1.807) is 19.6 Å². The Kier molecular flexibility index (Phi) is 5.05. The lowest BCUT2D eigenvalue weighted by atomic mass is 10.3. The van der Waals surface area contributed by atoms with Gasteiger partial charge in [-0.15, -0.1) is 0 Å². The van der Waals surface area contributed by atoms with Crippen molar-refractivity contribution < 1.29 is 13.2 Å². The van der Waals surface area contributed by atoms with E-state index in [-0.39, 0.29) is 5.75 Å². The number of nitrogens with one attached hydrogen (secondary N) is 2. The van der Waals surface area contributed by atoms with Crippen molar-refractivity contribution in [3.05, 3.63) is 37.1 Å². The number of aromatic amines is 1. The first-order valence-electron chi connectivity index (χ1n) is 7.94. The molecule has 3 heterocycles. The summed E-state index contributed by atoms with van der Waals surface area (Å²) < 4.78 is 33.3. The molecule has 0 saturated heterocycles. The van der Waals surface area contributed by atoms with Gasteiger partial charge in [0.15, 0.2) is 0 Å². The Morgan fingerprint density at radius 1 is 1.44 bits per heavy atom. The molecule has 3 aromatic heterocycles. The van der Waals surface area contributed by atoms with Gasteiger partial charge >= 0.3 is 0 Å². The third kappa shape index (κ3) is 3.99. The van der Waals surface area contributed by atoms with Crippen molar-refractivity contribution in [3.63, 3.8) is 0 Å². The SMILES string of the molecule is C=C(CCn1cnc2cnc3[nH]ccc3c21)NS(=O)(=O)CCCOC. The van der Waals surface area contributed by atoms with Crippen molar-refractivity contribution in [1.29, 1.82) is 0 Å². The molecule has 0 amide bonds. The summed E-state index contributed by atoms with van der Waals surface area (Å²) in [6.07, 6.45) is 6.21. The topological polar surface area (TPSA) is 102 Å². The van der Waals surface area contributed by atoms with Gasteiger partial charge in [-0.3, -0.25) is 4.72 Å². The Balaban J connectivity index is 1.66. The quantitative estimate of drug-likeness (QED) is 0.564. The highest BCUT2D eigenvalue weighted by Crippen LogP contribution is 2.22. The fraction of sp³-hybridized carbons (Fsp3) is 0.375. The lowest BCUT2D eigenvalue weighted by molar-refractivity contribution is 0.199. The molecule has 0 aliphatic carbocycles. The molecule has 0 aliphatic rings. The van der Waals surface area contributed by atoms with Crippen LogP contribution in [0.1, 0.15) is 12.8 Å². The van der Waals surface area contributed by atoms with Crippen LogP contribution in [0.2, 0.25) is 0 Å². The van der Waals surface area contributed by atoms with Crippen LogP contribution < -0.4 is 4.72 Å². The van der Waals surface area contributed by atoms with Gasteiger partial charge in [-0.2, -0.15) is 0 Å². The van der Waals surface area contributed by atoms with Crippen LogP contribution in [0.4, 0.5) is 0 Å². The zero-order valence-corrected chi connectivity index (χ0v) is 14.8. The molecule has 8 nitrogen and oxygen atoms in total. The van der Waals surface area contributed by atoms with Crippen molar-refractivity contribution in [3.8, 4) is 0 Å². The highest BCUT2D eigenvalue weighted by Gasteiger charge is 2.12. The average molecular weight is 363 g/mol. The molecule has 2 N–H and O–H groups in total. The number of sulfonamides is 1. The molecule has 0 fully saturated rings. The van der Waals surface area contributed by atoms with Crippen molar-refractivity contribution in [2.24, 2.45) is 0 Å². The zero-order valence-electron chi connectivity index (χ0n) is 14.0. The van der Waals surface area contributed by atoms with E-state index in [2.05, 4.69) is 26.3 Å². The molecule has 0 saturated carbocycles. The van der Waals surface area contributed by atoms with E-state index in [0.717, 1.165) is 22.1 Å². The van der Waals surface area contributed by atoms with Gasteiger partial charge < -0.3 is 14.3 Å². The number of pyridine rings is 1. The van der Waals surface area contributed by atoms with E-state index in [0.29, 0.717) is 31.7 Å². The minimum Gasteiger partial charge on any atom is -0.385 e. The molecule has 0 radical (unpaired) electrons. The van der Waals surface area contributed by atoms with Crippen molar-refractivity contribution in [2.45, 2.75) is 19.4 Å². The predicted molar refractivity (Wildman–Crippen MR) is 96.6 cm³/mol. The molecule has 3 rings (SSSR count). The molecule has 0 bridgehead atoms. The maximum absolute atomic E-state index is 12.0. The lowest BCUT2D eigenvalue weighted by Crippen LogP contribution is -2.26. The second-order valence-corrected chi connectivity index (χ2v) is 7.63. The lowest BCUT2D eigenvalue weighted by Gasteiger charge is -2.11. The Morgan fingerprint density at radius 2 is 2.28 bits per heavy atom. The molecule has 0 atom stereocenters. The minimum absolute atomic E-state index is 0.0174. The molecule has 134 valence electrons. The number of methoxy groups -OCH3 is 1. The number of hydrogen-bond acceptors (Lipinski definition) is 5. The Hall–Kier alpha value is -2.39. The first-order valence-corrected chi connectivity index (χ1v) is 9.59. The van der Waals surface area contributed by atoms with Gasteiger partial charge in [-0.05, 0) is 12.5 Å². The fourth-order valence-corrected chi connectivity index (χ4v) is 3.85. The molecule has 25 heavy (non-hydrogen) atoms. The number of imidazole rings is 1. The minimum atomic E-state index is -3.38. The maximum Gasteiger partial charge on any atom is 0.232 e. The van der Waals surface area contributed by atoms with Crippen LogP contribution >= 0.6 is 0 Å². The summed E-state index contributed by atoms with van der Waals surface area (Å²) in [6, 6.07) is 1.95. The van der Waals surface area contributed by atoms with E-state index >= 15 is 0 Å². The predicted octanol–water partition coefficient (Wildman–Crippen LogP) is 1.77. The van der Waals surface area contributed by atoms with Gasteiger partial charge in [-0.1, -0.05) is 6.58 Å². The first-order chi connectivity index (χ1) is 12.0.